The quantitative estimate of drug-likeness (QED) is 0.771. The first kappa shape index (κ1) is 12.9. The standard InChI is InChI=1S/C14H22O2/c1-6-15-12-9-8-11(14(3,4)5)10-13(12)16-7-2/h8-10H,6-7H2,1-5H3. The highest BCUT2D eigenvalue weighted by atomic mass is 16.5. The van der Waals surface area contributed by atoms with Crippen LogP contribution in [0.5, 0.6) is 11.5 Å². The number of benzene rings is 1. The molecule has 0 aliphatic heterocycles. The zero-order chi connectivity index (χ0) is 12.2. The van der Waals surface area contributed by atoms with Crippen LogP contribution in [0.2, 0.25) is 0 Å². The monoisotopic (exact) mass is 222 g/mol. The fourth-order valence-corrected chi connectivity index (χ4v) is 1.52. The van der Waals surface area contributed by atoms with Gasteiger partial charge in [-0.2, -0.15) is 0 Å². The molecule has 0 aromatic heterocycles. The Hall–Kier alpha value is -1.18. The van der Waals surface area contributed by atoms with Gasteiger partial charge in [0.25, 0.3) is 0 Å². The molecule has 0 unspecified atom stereocenters. The largest absolute Gasteiger partial charge is 0.490 e. The van der Waals surface area contributed by atoms with E-state index in [0.29, 0.717) is 13.2 Å². The van der Waals surface area contributed by atoms with E-state index in [1.54, 1.807) is 0 Å². The first-order valence-electron chi connectivity index (χ1n) is 5.89. The normalized spacial score (nSPS) is 11.3. The number of rotatable bonds is 4. The van der Waals surface area contributed by atoms with Gasteiger partial charge in [0.15, 0.2) is 11.5 Å². The van der Waals surface area contributed by atoms with E-state index in [1.807, 2.05) is 19.9 Å². The topological polar surface area (TPSA) is 18.5 Å². The lowest BCUT2D eigenvalue weighted by Crippen LogP contribution is -2.11. The van der Waals surface area contributed by atoms with E-state index in [0.717, 1.165) is 11.5 Å². The van der Waals surface area contributed by atoms with Gasteiger partial charge < -0.3 is 9.47 Å². The summed E-state index contributed by atoms with van der Waals surface area (Å²) in [6.07, 6.45) is 0. The minimum Gasteiger partial charge on any atom is -0.490 e. The lowest BCUT2D eigenvalue weighted by atomic mass is 9.87. The molecular formula is C14H22O2. The summed E-state index contributed by atoms with van der Waals surface area (Å²) in [4.78, 5) is 0. The molecule has 0 spiro atoms. The Labute approximate surface area is 98.6 Å². The van der Waals surface area contributed by atoms with Gasteiger partial charge in [-0.15, -0.1) is 0 Å². The Balaban J connectivity index is 3.06. The third kappa shape index (κ3) is 3.16. The molecule has 2 nitrogen and oxygen atoms in total. The maximum atomic E-state index is 5.60. The van der Waals surface area contributed by atoms with Crippen molar-refractivity contribution in [1.29, 1.82) is 0 Å². The Morgan fingerprint density at radius 1 is 0.938 bits per heavy atom. The Morgan fingerprint density at radius 3 is 2.00 bits per heavy atom. The highest BCUT2D eigenvalue weighted by Crippen LogP contribution is 2.33. The fourth-order valence-electron chi connectivity index (χ4n) is 1.52. The van der Waals surface area contributed by atoms with Crippen molar-refractivity contribution in [3.63, 3.8) is 0 Å². The summed E-state index contributed by atoms with van der Waals surface area (Å²) in [6, 6.07) is 6.18. The summed E-state index contributed by atoms with van der Waals surface area (Å²) >= 11 is 0. The molecule has 0 saturated carbocycles. The Morgan fingerprint density at radius 2 is 1.50 bits per heavy atom. The van der Waals surface area contributed by atoms with Gasteiger partial charge in [-0.05, 0) is 37.0 Å². The van der Waals surface area contributed by atoms with E-state index in [1.165, 1.54) is 5.56 Å². The highest BCUT2D eigenvalue weighted by Gasteiger charge is 2.16. The summed E-state index contributed by atoms with van der Waals surface area (Å²) in [5.41, 5.74) is 1.40. The molecule has 0 atom stereocenters. The zero-order valence-corrected chi connectivity index (χ0v) is 11.0. The van der Waals surface area contributed by atoms with E-state index in [2.05, 4.69) is 32.9 Å². The van der Waals surface area contributed by atoms with Crippen molar-refractivity contribution in [3.8, 4) is 11.5 Å². The minimum absolute atomic E-state index is 0.136. The van der Waals surface area contributed by atoms with Crippen LogP contribution in [-0.4, -0.2) is 13.2 Å². The van der Waals surface area contributed by atoms with Crippen LogP contribution in [0.3, 0.4) is 0 Å². The molecule has 1 aromatic carbocycles. The van der Waals surface area contributed by atoms with Crippen molar-refractivity contribution in [2.45, 2.75) is 40.0 Å². The maximum absolute atomic E-state index is 5.60. The van der Waals surface area contributed by atoms with Crippen molar-refractivity contribution in [1.82, 2.24) is 0 Å². The number of ether oxygens (including phenoxy) is 2. The van der Waals surface area contributed by atoms with Crippen molar-refractivity contribution >= 4 is 0 Å². The molecular weight excluding hydrogens is 200 g/mol. The summed E-state index contributed by atoms with van der Waals surface area (Å²) in [6.45, 7) is 11.9. The molecule has 0 fully saturated rings. The van der Waals surface area contributed by atoms with Crippen molar-refractivity contribution in [2.75, 3.05) is 13.2 Å². The molecule has 16 heavy (non-hydrogen) atoms. The third-order valence-corrected chi connectivity index (χ3v) is 2.41. The molecule has 2 heteroatoms. The smallest absolute Gasteiger partial charge is 0.161 e. The minimum atomic E-state index is 0.136. The van der Waals surface area contributed by atoms with Crippen LogP contribution < -0.4 is 9.47 Å². The van der Waals surface area contributed by atoms with Gasteiger partial charge in [-0.3, -0.25) is 0 Å². The van der Waals surface area contributed by atoms with Crippen molar-refractivity contribution in [3.05, 3.63) is 23.8 Å². The molecule has 0 heterocycles. The van der Waals surface area contributed by atoms with Crippen molar-refractivity contribution < 1.29 is 9.47 Å². The summed E-state index contributed by atoms with van der Waals surface area (Å²) < 4.78 is 11.1. The molecule has 0 aliphatic carbocycles. The van der Waals surface area contributed by atoms with E-state index in [4.69, 9.17) is 9.47 Å². The van der Waals surface area contributed by atoms with E-state index in [9.17, 15) is 0 Å². The first-order chi connectivity index (χ1) is 7.49. The van der Waals surface area contributed by atoms with Crippen LogP contribution >= 0.6 is 0 Å². The maximum Gasteiger partial charge on any atom is 0.161 e. The van der Waals surface area contributed by atoms with Crippen LogP contribution in [0.25, 0.3) is 0 Å². The Bertz CT molecular complexity index is 337. The van der Waals surface area contributed by atoms with Gasteiger partial charge in [0.05, 0.1) is 13.2 Å². The lowest BCUT2D eigenvalue weighted by Gasteiger charge is -2.21. The first-order valence-corrected chi connectivity index (χ1v) is 5.89. The molecule has 0 aliphatic rings. The molecule has 0 saturated heterocycles. The summed E-state index contributed by atoms with van der Waals surface area (Å²) in [7, 11) is 0. The molecule has 0 radical (unpaired) electrons. The van der Waals surface area contributed by atoms with Gasteiger partial charge in [0, 0.05) is 0 Å². The van der Waals surface area contributed by atoms with E-state index in [-0.39, 0.29) is 5.41 Å². The lowest BCUT2D eigenvalue weighted by molar-refractivity contribution is 0.287. The second kappa shape index (κ2) is 5.24. The van der Waals surface area contributed by atoms with Gasteiger partial charge in [-0.25, -0.2) is 0 Å². The van der Waals surface area contributed by atoms with Crippen LogP contribution in [0.4, 0.5) is 0 Å². The van der Waals surface area contributed by atoms with E-state index >= 15 is 0 Å². The molecule has 0 amide bonds. The predicted octanol–water partition coefficient (Wildman–Crippen LogP) is 3.78. The van der Waals surface area contributed by atoms with Crippen LogP contribution in [0, 0.1) is 0 Å². The SMILES string of the molecule is CCOc1ccc(C(C)(C)C)cc1OCC. The average Bonchev–Trinajstić information content (AvgIpc) is 2.19. The molecule has 0 N–H and O–H groups in total. The van der Waals surface area contributed by atoms with Gasteiger partial charge >= 0.3 is 0 Å². The fraction of sp³-hybridized carbons (Fsp3) is 0.571. The van der Waals surface area contributed by atoms with Gasteiger partial charge in [-0.1, -0.05) is 26.8 Å². The Kier molecular flexibility index (Phi) is 4.22. The second-order valence-corrected chi connectivity index (χ2v) is 4.78. The predicted molar refractivity (Wildman–Crippen MR) is 67.5 cm³/mol. The second-order valence-electron chi connectivity index (χ2n) is 4.78. The average molecular weight is 222 g/mol. The van der Waals surface area contributed by atoms with Crippen LogP contribution in [0.15, 0.2) is 18.2 Å². The number of hydrogen-bond acceptors (Lipinski definition) is 2. The molecule has 1 aromatic rings. The van der Waals surface area contributed by atoms with Gasteiger partial charge in [0.1, 0.15) is 0 Å². The van der Waals surface area contributed by atoms with Crippen LogP contribution in [-0.2, 0) is 5.41 Å². The molecule has 90 valence electrons. The van der Waals surface area contributed by atoms with E-state index < -0.39 is 0 Å². The molecule has 0 bridgehead atoms. The zero-order valence-electron chi connectivity index (χ0n) is 11.0. The molecule has 1 rings (SSSR count). The number of hydrogen-bond donors (Lipinski definition) is 0. The van der Waals surface area contributed by atoms with Crippen molar-refractivity contribution in [2.24, 2.45) is 0 Å². The van der Waals surface area contributed by atoms with Gasteiger partial charge in [0.2, 0.25) is 0 Å². The van der Waals surface area contributed by atoms with Crippen LogP contribution in [0.1, 0.15) is 40.2 Å². The third-order valence-electron chi connectivity index (χ3n) is 2.41. The summed E-state index contributed by atoms with van der Waals surface area (Å²) in [5.74, 6) is 1.68. The highest BCUT2D eigenvalue weighted by molar-refractivity contribution is 5.44. The summed E-state index contributed by atoms with van der Waals surface area (Å²) in [5, 5.41) is 0.